The Hall–Kier alpha value is -1.65. The van der Waals surface area contributed by atoms with Gasteiger partial charge in [0.15, 0.2) is 0 Å². The Morgan fingerprint density at radius 2 is 2.50 bits per heavy atom. The van der Waals surface area contributed by atoms with Gasteiger partial charge in [0.25, 0.3) is 5.71 Å². The molecule has 10 heavy (non-hydrogen) atoms. The molecule has 2 rings (SSSR count). The third-order valence-corrected chi connectivity index (χ3v) is 1.10. The van der Waals surface area contributed by atoms with Crippen molar-refractivity contribution in [2.75, 3.05) is 0 Å². The lowest BCUT2D eigenvalue weighted by molar-refractivity contribution is 0.545. The van der Waals surface area contributed by atoms with Crippen molar-refractivity contribution in [1.29, 1.82) is 0 Å². The number of aromatic amines is 1. The minimum Gasteiger partial charge on any atom is -0.389 e. The first kappa shape index (κ1) is 5.16. The van der Waals surface area contributed by atoms with Gasteiger partial charge in [0.05, 0.1) is 6.20 Å². The maximum absolute atomic E-state index is 10.5. The quantitative estimate of drug-likeness (QED) is 0.550. The van der Waals surface area contributed by atoms with Crippen LogP contribution in [0.2, 0.25) is 0 Å². The predicted octanol–water partition coefficient (Wildman–Crippen LogP) is -0.0889. The number of nitrogens with zero attached hydrogens (tertiary/aromatic N) is 2. The van der Waals surface area contributed by atoms with E-state index in [1.54, 1.807) is 0 Å². The van der Waals surface area contributed by atoms with Crippen LogP contribution in [0.1, 0.15) is 0 Å². The monoisotopic (exact) mass is 137 g/mol. The van der Waals surface area contributed by atoms with Crippen molar-refractivity contribution in [3.63, 3.8) is 0 Å². The minimum atomic E-state index is -0.504. The molecule has 0 aliphatic heterocycles. The second-order valence-electron chi connectivity index (χ2n) is 1.76. The number of hydrogen-bond acceptors (Lipinski definition) is 4. The fourth-order valence-corrected chi connectivity index (χ4v) is 0.709. The third kappa shape index (κ3) is 0.604. The average Bonchev–Trinajstić information content (AvgIpc) is 2.27. The number of aromatic nitrogens is 3. The summed E-state index contributed by atoms with van der Waals surface area (Å²) in [5, 5.41) is 0. The maximum Gasteiger partial charge on any atom is 0.418 e. The summed E-state index contributed by atoms with van der Waals surface area (Å²) in [6.07, 6.45) is 2.80. The molecule has 0 aliphatic rings. The number of fused-ring (bicyclic) bond motifs is 1. The highest BCUT2D eigenvalue weighted by Crippen LogP contribution is 2.00. The number of rotatable bonds is 0. The van der Waals surface area contributed by atoms with Gasteiger partial charge in [-0.15, -0.1) is 0 Å². The number of hydrogen-bond donors (Lipinski definition) is 1. The molecule has 0 spiro atoms. The van der Waals surface area contributed by atoms with Gasteiger partial charge in [-0.25, -0.2) is 9.78 Å². The molecular formula is C5H3N3O2. The van der Waals surface area contributed by atoms with E-state index in [0.29, 0.717) is 11.2 Å². The van der Waals surface area contributed by atoms with Crippen molar-refractivity contribution >= 4 is 11.2 Å². The Balaban J connectivity index is 3.01. The lowest BCUT2D eigenvalue weighted by atomic mass is 10.6. The van der Waals surface area contributed by atoms with E-state index in [9.17, 15) is 4.79 Å². The molecule has 2 heterocycles. The van der Waals surface area contributed by atoms with E-state index in [2.05, 4.69) is 19.4 Å². The first-order valence-corrected chi connectivity index (χ1v) is 2.65. The number of oxazole rings is 1. The van der Waals surface area contributed by atoms with Crippen molar-refractivity contribution in [3.8, 4) is 0 Å². The molecule has 0 atom stereocenters. The van der Waals surface area contributed by atoms with Crippen molar-refractivity contribution in [2.45, 2.75) is 0 Å². The van der Waals surface area contributed by atoms with E-state index in [0.717, 1.165) is 0 Å². The van der Waals surface area contributed by atoms with Crippen molar-refractivity contribution in [2.24, 2.45) is 0 Å². The van der Waals surface area contributed by atoms with Crippen LogP contribution in [0, 0.1) is 0 Å². The molecule has 0 bridgehead atoms. The first-order chi connectivity index (χ1) is 4.86. The van der Waals surface area contributed by atoms with E-state index in [1.807, 2.05) is 0 Å². The van der Waals surface area contributed by atoms with E-state index in [1.165, 1.54) is 12.5 Å². The third-order valence-electron chi connectivity index (χ3n) is 1.10. The van der Waals surface area contributed by atoms with Crippen molar-refractivity contribution in [3.05, 3.63) is 23.1 Å². The summed E-state index contributed by atoms with van der Waals surface area (Å²) in [5.74, 6) is -0.504. The topological polar surface area (TPSA) is 71.8 Å². The Kier molecular flexibility index (Phi) is 0.858. The summed E-state index contributed by atoms with van der Waals surface area (Å²) in [6, 6.07) is 0. The first-order valence-electron chi connectivity index (χ1n) is 2.65. The van der Waals surface area contributed by atoms with Gasteiger partial charge < -0.3 is 4.42 Å². The van der Waals surface area contributed by atoms with Gasteiger partial charge >= 0.3 is 5.76 Å². The lowest BCUT2D eigenvalue weighted by Crippen LogP contribution is -1.92. The van der Waals surface area contributed by atoms with E-state index in [-0.39, 0.29) is 0 Å². The molecule has 0 aliphatic carbocycles. The van der Waals surface area contributed by atoms with Crippen molar-refractivity contribution in [1.82, 2.24) is 15.0 Å². The Bertz CT molecular complexity index is 366. The standard InChI is InChI=1S/C5H3N3O2/c9-5-8-3-1-6-2-7-4(3)10-5/h1-2H,(H,8,9). The smallest absolute Gasteiger partial charge is 0.389 e. The van der Waals surface area contributed by atoms with Crippen LogP contribution in [0.3, 0.4) is 0 Å². The van der Waals surface area contributed by atoms with Crippen LogP contribution in [-0.2, 0) is 0 Å². The molecular weight excluding hydrogens is 134 g/mol. The summed E-state index contributed by atoms with van der Waals surface area (Å²) >= 11 is 0. The van der Waals surface area contributed by atoms with Crippen LogP contribution >= 0.6 is 0 Å². The van der Waals surface area contributed by atoms with Gasteiger partial charge in [-0.05, 0) is 0 Å². The Morgan fingerprint density at radius 1 is 1.60 bits per heavy atom. The van der Waals surface area contributed by atoms with Gasteiger partial charge in [0.1, 0.15) is 11.8 Å². The predicted molar refractivity (Wildman–Crippen MR) is 32.4 cm³/mol. The van der Waals surface area contributed by atoms with Crippen LogP contribution in [-0.4, -0.2) is 15.0 Å². The minimum absolute atomic E-state index is 0.292. The fraction of sp³-hybridized carbons (Fsp3) is 0. The average molecular weight is 137 g/mol. The maximum atomic E-state index is 10.5. The molecule has 0 aromatic carbocycles. The highest BCUT2D eigenvalue weighted by Gasteiger charge is 1.97. The molecule has 5 heteroatoms. The van der Waals surface area contributed by atoms with E-state index < -0.39 is 5.76 Å². The van der Waals surface area contributed by atoms with Gasteiger partial charge in [0, 0.05) is 0 Å². The summed E-state index contributed by atoms with van der Waals surface area (Å²) in [6.45, 7) is 0. The highest BCUT2D eigenvalue weighted by molar-refractivity contribution is 5.64. The molecule has 0 fully saturated rings. The molecule has 0 radical (unpaired) electrons. The van der Waals surface area contributed by atoms with Crippen LogP contribution in [0.25, 0.3) is 11.2 Å². The van der Waals surface area contributed by atoms with Crippen LogP contribution in [0.15, 0.2) is 21.7 Å². The molecule has 5 nitrogen and oxygen atoms in total. The second kappa shape index (κ2) is 1.66. The van der Waals surface area contributed by atoms with Crippen LogP contribution in [0.5, 0.6) is 0 Å². The lowest BCUT2D eigenvalue weighted by Gasteiger charge is -1.78. The molecule has 50 valence electrons. The molecule has 0 amide bonds. The summed E-state index contributed by atoms with van der Waals surface area (Å²) in [7, 11) is 0. The van der Waals surface area contributed by atoms with Gasteiger partial charge in [-0.3, -0.25) is 4.98 Å². The normalized spacial score (nSPS) is 10.4. The number of nitrogens with one attached hydrogen (secondary N) is 1. The molecule has 0 saturated heterocycles. The Labute approximate surface area is 54.7 Å². The Morgan fingerprint density at radius 3 is 3.30 bits per heavy atom. The van der Waals surface area contributed by atoms with Gasteiger partial charge in [-0.2, -0.15) is 4.98 Å². The summed E-state index contributed by atoms with van der Waals surface area (Å²) in [4.78, 5) is 20.3. The zero-order chi connectivity index (χ0) is 6.97. The van der Waals surface area contributed by atoms with Gasteiger partial charge in [-0.1, -0.05) is 0 Å². The summed E-state index contributed by atoms with van der Waals surface area (Å²) in [5.41, 5.74) is 0.813. The van der Waals surface area contributed by atoms with E-state index in [4.69, 9.17) is 0 Å². The largest absolute Gasteiger partial charge is 0.418 e. The fourth-order valence-electron chi connectivity index (χ4n) is 0.709. The zero-order valence-electron chi connectivity index (χ0n) is 4.87. The zero-order valence-corrected chi connectivity index (χ0v) is 4.87. The summed E-state index contributed by atoms with van der Waals surface area (Å²) < 4.78 is 4.61. The molecule has 0 saturated carbocycles. The van der Waals surface area contributed by atoms with Crippen LogP contribution in [0.4, 0.5) is 0 Å². The molecule has 2 aromatic rings. The molecule has 1 N–H and O–H groups in total. The second-order valence-corrected chi connectivity index (χ2v) is 1.76. The number of H-pyrrole nitrogens is 1. The highest BCUT2D eigenvalue weighted by atomic mass is 16.4. The van der Waals surface area contributed by atoms with Crippen molar-refractivity contribution < 1.29 is 4.42 Å². The van der Waals surface area contributed by atoms with Crippen LogP contribution < -0.4 is 5.76 Å². The molecule has 2 aromatic heterocycles. The SMILES string of the molecule is O=c1[nH]c2cncnc2o1. The van der Waals surface area contributed by atoms with E-state index >= 15 is 0 Å². The van der Waals surface area contributed by atoms with Gasteiger partial charge in [0.2, 0.25) is 0 Å². The molecule has 0 unspecified atom stereocenters.